The lowest BCUT2D eigenvalue weighted by Gasteiger charge is -2.11. The van der Waals surface area contributed by atoms with Crippen molar-refractivity contribution < 1.29 is 17.9 Å². The quantitative estimate of drug-likeness (QED) is 0.566. The van der Waals surface area contributed by atoms with Gasteiger partial charge >= 0.3 is 0 Å². The number of hydrogen-bond donors (Lipinski definition) is 2. The van der Waals surface area contributed by atoms with E-state index in [9.17, 15) is 13.2 Å². The lowest BCUT2D eigenvalue weighted by molar-refractivity contribution is 0.102. The number of hydrogen-bond acceptors (Lipinski definition) is 4. The molecule has 0 aliphatic rings. The van der Waals surface area contributed by atoms with E-state index in [0.717, 1.165) is 4.47 Å². The number of rotatable bonds is 6. The maximum absolute atomic E-state index is 12.6. The van der Waals surface area contributed by atoms with E-state index in [1.54, 1.807) is 60.7 Å². The van der Waals surface area contributed by atoms with Crippen molar-refractivity contribution >= 4 is 43.2 Å². The third-order valence-electron chi connectivity index (χ3n) is 3.85. The largest absolute Gasteiger partial charge is 0.497 e. The summed E-state index contributed by atoms with van der Waals surface area (Å²) in [5, 5.41) is 2.71. The third kappa shape index (κ3) is 4.90. The summed E-state index contributed by atoms with van der Waals surface area (Å²) in [5.74, 6) is 0.297. The molecule has 28 heavy (non-hydrogen) atoms. The number of sulfonamides is 1. The first-order chi connectivity index (χ1) is 13.4. The van der Waals surface area contributed by atoms with E-state index in [-0.39, 0.29) is 10.8 Å². The summed E-state index contributed by atoms with van der Waals surface area (Å²) in [5.41, 5.74) is 1.25. The van der Waals surface area contributed by atoms with Crippen LogP contribution in [0.2, 0.25) is 0 Å². The van der Waals surface area contributed by atoms with Crippen molar-refractivity contribution in [1.29, 1.82) is 0 Å². The molecule has 0 bridgehead atoms. The summed E-state index contributed by atoms with van der Waals surface area (Å²) in [4.78, 5) is 12.4. The first kappa shape index (κ1) is 19.9. The fraction of sp³-hybridized carbons (Fsp3) is 0.0500. The number of carbonyl (C=O) groups excluding carboxylic acids is 1. The van der Waals surface area contributed by atoms with Crippen LogP contribution in [0.5, 0.6) is 5.75 Å². The Morgan fingerprint density at radius 1 is 0.929 bits per heavy atom. The van der Waals surface area contributed by atoms with E-state index >= 15 is 0 Å². The van der Waals surface area contributed by atoms with Crippen LogP contribution in [-0.4, -0.2) is 21.4 Å². The number of benzene rings is 3. The summed E-state index contributed by atoms with van der Waals surface area (Å²) in [6.07, 6.45) is 0. The minimum atomic E-state index is -3.81. The normalized spacial score (nSPS) is 10.9. The minimum Gasteiger partial charge on any atom is -0.497 e. The molecule has 144 valence electrons. The molecule has 8 heteroatoms. The van der Waals surface area contributed by atoms with Gasteiger partial charge < -0.3 is 10.1 Å². The molecular weight excluding hydrogens is 444 g/mol. The maximum atomic E-state index is 12.6. The molecule has 0 saturated heterocycles. The van der Waals surface area contributed by atoms with E-state index in [0.29, 0.717) is 22.7 Å². The fourth-order valence-electron chi connectivity index (χ4n) is 2.42. The molecule has 3 aromatic rings. The highest BCUT2D eigenvalue weighted by Crippen LogP contribution is 2.22. The van der Waals surface area contributed by atoms with Crippen molar-refractivity contribution in [3.63, 3.8) is 0 Å². The number of carbonyl (C=O) groups is 1. The number of amides is 1. The zero-order valence-corrected chi connectivity index (χ0v) is 17.2. The van der Waals surface area contributed by atoms with Crippen LogP contribution in [-0.2, 0) is 10.0 Å². The van der Waals surface area contributed by atoms with Crippen LogP contribution >= 0.6 is 15.9 Å². The SMILES string of the molecule is COc1ccc(NS(=O)(=O)c2cccc(NC(=O)c3ccc(Br)cc3)c2)cc1. The molecule has 2 N–H and O–H groups in total. The molecule has 0 spiro atoms. The molecule has 0 saturated carbocycles. The van der Waals surface area contributed by atoms with Crippen molar-refractivity contribution in [2.45, 2.75) is 4.90 Å². The molecule has 6 nitrogen and oxygen atoms in total. The Kier molecular flexibility index (Phi) is 6.01. The number of halogens is 1. The summed E-state index contributed by atoms with van der Waals surface area (Å²) < 4.78 is 33.7. The Labute approximate surface area is 171 Å². The Bertz CT molecular complexity index is 1080. The molecule has 1 amide bonds. The van der Waals surface area contributed by atoms with Gasteiger partial charge in [-0.25, -0.2) is 8.42 Å². The van der Waals surface area contributed by atoms with E-state index in [1.165, 1.54) is 19.2 Å². The average molecular weight is 461 g/mol. The minimum absolute atomic E-state index is 0.0388. The van der Waals surface area contributed by atoms with Crippen molar-refractivity contribution in [1.82, 2.24) is 0 Å². The van der Waals surface area contributed by atoms with Crippen LogP contribution < -0.4 is 14.8 Å². The lowest BCUT2D eigenvalue weighted by atomic mass is 10.2. The predicted molar refractivity (Wildman–Crippen MR) is 112 cm³/mol. The highest BCUT2D eigenvalue weighted by atomic mass is 79.9. The van der Waals surface area contributed by atoms with Gasteiger partial charge in [0, 0.05) is 21.4 Å². The molecule has 0 radical (unpaired) electrons. The van der Waals surface area contributed by atoms with Crippen molar-refractivity contribution in [3.05, 3.63) is 82.8 Å². The van der Waals surface area contributed by atoms with Gasteiger partial charge in [-0.15, -0.1) is 0 Å². The van der Waals surface area contributed by atoms with Gasteiger partial charge in [-0.1, -0.05) is 22.0 Å². The fourth-order valence-corrected chi connectivity index (χ4v) is 3.79. The van der Waals surface area contributed by atoms with E-state index in [2.05, 4.69) is 26.0 Å². The standard InChI is InChI=1S/C20H17BrN2O4S/c1-27-18-11-9-16(10-12-18)23-28(25,26)19-4-2-3-17(13-19)22-20(24)14-5-7-15(21)8-6-14/h2-13,23H,1H3,(H,22,24). The molecule has 3 rings (SSSR count). The van der Waals surface area contributed by atoms with Crippen molar-refractivity contribution in [3.8, 4) is 5.75 Å². The third-order valence-corrected chi connectivity index (χ3v) is 5.76. The number of anilines is 2. The summed E-state index contributed by atoms with van der Waals surface area (Å²) in [6.45, 7) is 0. The van der Waals surface area contributed by atoms with Crippen LogP contribution in [0.3, 0.4) is 0 Å². The molecule has 0 heterocycles. The highest BCUT2D eigenvalue weighted by molar-refractivity contribution is 9.10. The monoisotopic (exact) mass is 460 g/mol. The van der Waals surface area contributed by atoms with Crippen LogP contribution in [0.4, 0.5) is 11.4 Å². The van der Waals surface area contributed by atoms with Gasteiger partial charge in [-0.05, 0) is 66.7 Å². The topological polar surface area (TPSA) is 84.5 Å². The summed E-state index contributed by atoms with van der Waals surface area (Å²) in [7, 11) is -2.27. The summed E-state index contributed by atoms with van der Waals surface area (Å²) >= 11 is 3.32. The van der Waals surface area contributed by atoms with Gasteiger partial charge in [0.05, 0.1) is 12.0 Å². The zero-order chi connectivity index (χ0) is 20.1. The molecular formula is C20H17BrN2O4S. The first-order valence-electron chi connectivity index (χ1n) is 8.21. The number of methoxy groups -OCH3 is 1. The van der Waals surface area contributed by atoms with E-state index in [1.807, 2.05) is 0 Å². The Balaban J connectivity index is 1.77. The smallest absolute Gasteiger partial charge is 0.261 e. The molecule has 0 unspecified atom stereocenters. The molecule has 0 aliphatic carbocycles. The zero-order valence-electron chi connectivity index (χ0n) is 14.8. The van der Waals surface area contributed by atoms with Crippen LogP contribution in [0, 0.1) is 0 Å². The lowest BCUT2D eigenvalue weighted by Crippen LogP contribution is -2.15. The maximum Gasteiger partial charge on any atom is 0.261 e. The van der Waals surface area contributed by atoms with Crippen LogP contribution in [0.25, 0.3) is 0 Å². The summed E-state index contributed by atoms with van der Waals surface area (Å²) in [6, 6.07) is 19.5. The molecule has 0 fully saturated rings. The van der Waals surface area contributed by atoms with Crippen LogP contribution in [0.1, 0.15) is 10.4 Å². The van der Waals surface area contributed by atoms with Gasteiger partial charge in [0.1, 0.15) is 5.75 Å². The van der Waals surface area contributed by atoms with Crippen molar-refractivity contribution in [2.75, 3.05) is 17.1 Å². The predicted octanol–water partition coefficient (Wildman–Crippen LogP) is 4.51. The first-order valence-corrected chi connectivity index (χ1v) is 10.5. The van der Waals surface area contributed by atoms with Gasteiger partial charge in [-0.2, -0.15) is 0 Å². The number of nitrogens with one attached hydrogen (secondary N) is 2. The molecule has 0 aliphatic heterocycles. The highest BCUT2D eigenvalue weighted by Gasteiger charge is 2.15. The second kappa shape index (κ2) is 8.45. The van der Waals surface area contributed by atoms with Gasteiger partial charge in [0.25, 0.3) is 15.9 Å². The van der Waals surface area contributed by atoms with Gasteiger partial charge in [0.2, 0.25) is 0 Å². The van der Waals surface area contributed by atoms with E-state index in [4.69, 9.17) is 4.74 Å². The average Bonchev–Trinajstić information content (AvgIpc) is 2.69. The second-order valence-corrected chi connectivity index (χ2v) is 8.42. The van der Waals surface area contributed by atoms with Crippen molar-refractivity contribution in [2.24, 2.45) is 0 Å². The molecule has 0 aromatic heterocycles. The van der Waals surface area contributed by atoms with Gasteiger partial charge in [-0.3, -0.25) is 9.52 Å². The number of ether oxygens (including phenoxy) is 1. The van der Waals surface area contributed by atoms with E-state index < -0.39 is 10.0 Å². The van der Waals surface area contributed by atoms with Crippen LogP contribution in [0.15, 0.2) is 82.2 Å². The van der Waals surface area contributed by atoms with Gasteiger partial charge in [0.15, 0.2) is 0 Å². The Hall–Kier alpha value is -2.84. The second-order valence-electron chi connectivity index (χ2n) is 5.82. The Morgan fingerprint density at radius 3 is 2.25 bits per heavy atom. The molecule has 3 aromatic carbocycles. The molecule has 0 atom stereocenters. The Morgan fingerprint density at radius 2 is 1.61 bits per heavy atom.